The van der Waals surface area contributed by atoms with Crippen LogP contribution in [0.5, 0.6) is 0 Å². The topological polar surface area (TPSA) is 86.7 Å². The summed E-state index contributed by atoms with van der Waals surface area (Å²) >= 11 is 0. The molecule has 0 aromatic carbocycles. The van der Waals surface area contributed by atoms with E-state index in [0.717, 1.165) is 25.7 Å². The first-order valence-corrected chi connectivity index (χ1v) is 8.20. The molecule has 6 heteroatoms. The van der Waals surface area contributed by atoms with Gasteiger partial charge >= 0.3 is 5.97 Å². The number of carbonyl (C=O) groups excluding carboxylic acids is 2. The predicted molar refractivity (Wildman–Crippen MR) is 83.3 cm³/mol. The van der Waals surface area contributed by atoms with Gasteiger partial charge in [-0.1, -0.05) is 20.3 Å². The van der Waals surface area contributed by atoms with E-state index in [1.807, 2.05) is 18.7 Å². The van der Waals surface area contributed by atoms with Crippen LogP contribution in [0.25, 0.3) is 0 Å². The van der Waals surface area contributed by atoms with Gasteiger partial charge in [-0.3, -0.25) is 14.4 Å². The normalized spacial score (nSPS) is 15.9. The van der Waals surface area contributed by atoms with Gasteiger partial charge in [0.2, 0.25) is 11.8 Å². The van der Waals surface area contributed by atoms with Gasteiger partial charge in [-0.15, -0.1) is 0 Å². The molecule has 1 aliphatic heterocycles. The molecular formula is C16H28N2O4. The van der Waals surface area contributed by atoms with E-state index < -0.39 is 5.97 Å². The zero-order chi connectivity index (χ0) is 16.5. The van der Waals surface area contributed by atoms with Gasteiger partial charge in [0.05, 0.1) is 0 Å². The minimum Gasteiger partial charge on any atom is -0.481 e. The highest BCUT2D eigenvalue weighted by molar-refractivity contribution is 5.80. The van der Waals surface area contributed by atoms with Gasteiger partial charge in [0.15, 0.2) is 0 Å². The molecule has 22 heavy (non-hydrogen) atoms. The van der Waals surface area contributed by atoms with Crippen molar-refractivity contribution in [1.29, 1.82) is 0 Å². The quantitative estimate of drug-likeness (QED) is 0.667. The van der Waals surface area contributed by atoms with Crippen LogP contribution in [-0.4, -0.2) is 47.4 Å². The molecule has 0 aromatic heterocycles. The second kappa shape index (κ2) is 9.43. The number of carboxylic acid groups (broad SMARTS) is 1. The van der Waals surface area contributed by atoms with Crippen LogP contribution in [0, 0.1) is 11.8 Å². The number of rotatable bonds is 8. The van der Waals surface area contributed by atoms with Crippen molar-refractivity contribution in [3.05, 3.63) is 0 Å². The Morgan fingerprint density at radius 2 is 1.77 bits per heavy atom. The van der Waals surface area contributed by atoms with Crippen LogP contribution >= 0.6 is 0 Å². The molecule has 0 spiro atoms. The maximum Gasteiger partial charge on any atom is 0.303 e. The smallest absolute Gasteiger partial charge is 0.303 e. The molecule has 126 valence electrons. The molecule has 1 rings (SSSR count). The summed E-state index contributed by atoms with van der Waals surface area (Å²) < 4.78 is 0. The molecule has 1 heterocycles. The molecule has 0 saturated carbocycles. The number of aliphatic carboxylic acids is 1. The Morgan fingerprint density at radius 1 is 1.14 bits per heavy atom. The van der Waals surface area contributed by atoms with Gasteiger partial charge in [0.1, 0.15) is 0 Å². The summed E-state index contributed by atoms with van der Waals surface area (Å²) in [5.74, 6) is -0.537. The maximum absolute atomic E-state index is 12.0. The molecule has 1 aliphatic rings. The van der Waals surface area contributed by atoms with Crippen LogP contribution in [0.3, 0.4) is 0 Å². The number of piperidine rings is 1. The fourth-order valence-electron chi connectivity index (χ4n) is 2.66. The second-order valence-electron chi connectivity index (χ2n) is 6.25. The molecule has 2 N–H and O–H groups in total. The number of nitrogens with one attached hydrogen (secondary N) is 1. The summed E-state index contributed by atoms with van der Waals surface area (Å²) in [7, 11) is 0. The third-order valence-electron chi connectivity index (χ3n) is 4.04. The first kappa shape index (κ1) is 18.5. The van der Waals surface area contributed by atoms with Crippen molar-refractivity contribution in [2.24, 2.45) is 11.8 Å². The fraction of sp³-hybridized carbons (Fsp3) is 0.812. The van der Waals surface area contributed by atoms with E-state index in [-0.39, 0.29) is 30.1 Å². The zero-order valence-corrected chi connectivity index (χ0v) is 13.6. The predicted octanol–water partition coefficient (Wildman–Crippen LogP) is 1.64. The van der Waals surface area contributed by atoms with E-state index in [1.54, 1.807) is 0 Å². The standard InChI is InChI=1S/C16H28N2O4/c1-12(2)16(22)18-10-7-13(8-11-18)15(21)17-9-5-3-4-6-14(19)20/h12-13H,3-11H2,1-2H3,(H,17,21)(H,19,20). The monoisotopic (exact) mass is 312 g/mol. The van der Waals surface area contributed by atoms with Crippen molar-refractivity contribution in [3.63, 3.8) is 0 Å². The molecule has 0 aliphatic carbocycles. The van der Waals surface area contributed by atoms with Gasteiger partial charge in [0, 0.05) is 37.9 Å². The van der Waals surface area contributed by atoms with Crippen molar-refractivity contribution in [1.82, 2.24) is 10.2 Å². The van der Waals surface area contributed by atoms with Crippen molar-refractivity contribution in [2.75, 3.05) is 19.6 Å². The van der Waals surface area contributed by atoms with E-state index in [2.05, 4.69) is 5.32 Å². The second-order valence-corrected chi connectivity index (χ2v) is 6.25. The van der Waals surface area contributed by atoms with Gasteiger partial charge in [-0.2, -0.15) is 0 Å². The largest absolute Gasteiger partial charge is 0.481 e. The van der Waals surface area contributed by atoms with Crippen molar-refractivity contribution in [3.8, 4) is 0 Å². The van der Waals surface area contributed by atoms with Crippen molar-refractivity contribution in [2.45, 2.75) is 52.4 Å². The summed E-state index contributed by atoms with van der Waals surface area (Å²) in [6.45, 7) is 5.71. The lowest BCUT2D eigenvalue weighted by atomic mass is 9.95. The fourth-order valence-corrected chi connectivity index (χ4v) is 2.66. The molecule has 1 fully saturated rings. The molecule has 2 amide bonds. The van der Waals surface area contributed by atoms with E-state index >= 15 is 0 Å². The average Bonchev–Trinajstić information content (AvgIpc) is 2.49. The van der Waals surface area contributed by atoms with Crippen LogP contribution in [0.1, 0.15) is 52.4 Å². The zero-order valence-electron chi connectivity index (χ0n) is 13.6. The average molecular weight is 312 g/mol. The minimum absolute atomic E-state index is 0.00441. The van der Waals surface area contributed by atoms with Gasteiger partial charge in [0.25, 0.3) is 0 Å². The maximum atomic E-state index is 12.0. The van der Waals surface area contributed by atoms with E-state index in [9.17, 15) is 14.4 Å². The number of hydrogen-bond acceptors (Lipinski definition) is 3. The summed E-state index contributed by atoms with van der Waals surface area (Å²) in [5.41, 5.74) is 0. The Hall–Kier alpha value is -1.59. The first-order valence-electron chi connectivity index (χ1n) is 8.20. The highest BCUT2D eigenvalue weighted by Gasteiger charge is 2.27. The molecule has 1 saturated heterocycles. The van der Waals surface area contributed by atoms with Crippen LogP contribution in [0.4, 0.5) is 0 Å². The summed E-state index contributed by atoms with van der Waals surface area (Å²) in [5, 5.41) is 11.4. The van der Waals surface area contributed by atoms with Crippen LogP contribution in [0.2, 0.25) is 0 Å². The Morgan fingerprint density at radius 3 is 2.32 bits per heavy atom. The lowest BCUT2D eigenvalue weighted by molar-refractivity contribution is -0.138. The van der Waals surface area contributed by atoms with Crippen LogP contribution in [-0.2, 0) is 14.4 Å². The van der Waals surface area contributed by atoms with Gasteiger partial charge in [-0.05, 0) is 25.7 Å². The Bertz CT molecular complexity index is 388. The first-order chi connectivity index (χ1) is 10.4. The number of unbranched alkanes of at least 4 members (excludes halogenated alkanes) is 2. The van der Waals surface area contributed by atoms with Crippen molar-refractivity contribution < 1.29 is 19.5 Å². The summed E-state index contributed by atoms with van der Waals surface area (Å²) in [6, 6.07) is 0. The Kier molecular flexibility index (Phi) is 7.91. The number of carbonyl (C=O) groups is 3. The number of amides is 2. The van der Waals surface area contributed by atoms with Crippen LogP contribution in [0.15, 0.2) is 0 Å². The number of carboxylic acids is 1. The highest BCUT2D eigenvalue weighted by atomic mass is 16.4. The molecule has 0 aromatic rings. The molecular weight excluding hydrogens is 284 g/mol. The molecule has 6 nitrogen and oxygen atoms in total. The van der Waals surface area contributed by atoms with E-state index in [4.69, 9.17) is 5.11 Å². The Balaban J connectivity index is 2.15. The molecule has 0 bridgehead atoms. The number of likely N-dealkylation sites (tertiary alicyclic amines) is 1. The lowest BCUT2D eigenvalue weighted by Gasteiger charge is -2.32. The minimum atomic E-state index is -0.772. The lowest BCUT2D eigenvalue weighted by Crippen LogP contribution is -2.44. The Labute approximate surface area is 132 Å². The van der Waals surface area contributed by atoms with Crippen LogP contribution < -0.4 is 5.32 Å². The molecule has 0 atom stereocenters. The SMILES string of the molecule is CC(C)C(=O)N1CCC(C(=O)NCCCCCC(=O)O)CC1. The van der Waals surface area contributed by atoms with Gasteiger partial charge in [-0.25, -0.2) is 0 Å². The third-order valence-corrected chi connectivity index (χ3v) is 4.04. The molecule has 0 radical (unpaired) electrons. The van der Waals surface area contributed by atoms with Gasteiger partial charge < -0.3 is 15.3 Å². The number of nitrogens with zero attached hydrogens (tertiary/aromatic N) is 1. The highest BCUT2D eigenvalue weighted by Crippen LogP contribution is 2.19. The third kappa shape index (κ3) is 6.45. The number of hydrogen-bond donors (Lipinski definition) is 2. The van der Waals surface area contributed by atoms with E-state index in [0.29, 0.717) is 26.1 Å². The summed E-state index contributed by atoms with van der Waals surface area (Å²) in [6.07, 6.45) is 3.92. The molecule has 0 unspecified atom stereocenters. The van der Waals surface area contributed by atoms with Crippen molar-refractivity contribution >= 4 is 17.8 Å². The summed E-state index contributed by atoms with van der Waals surface area (Å²) in [4.78, 5) is 36.1. The van der Waals surface area contributed by atoms with E-state index in [1.165, 1.54) is 0 Å².